The average Bonchev–Trinajstić information content (AvgIpc) is 2.43. The van der Waals surface area contributed by atoms with Crippen LogP contribution in [-0.2, 0) is 4.79 Å². The summed E-state index contributed by atoms with van der Waals surface area (Å²) in [7, 11) is 0. The summed E-state index contributed by atoms with van der Waals surface area (Å²) in [4.78, 5) is 10.3. The van der Waals surface area contributed by atoms with E-state index < -0.39 is 6.10 Å². The lowest BCUT2D eigenvalue weighted by molar-refractivity contribution is -0.124. The monoisotopic (exact) mass is 115 g/mol. The van der Waals surface area contributed by atoms with Crippen molar-refractivity contribution in [3.63, 3.8) is 0 Å². The van der Waals surface area contributed by atoms with Crippen LogP contribution in [0.5, 0.6) is 0 Å². The molecule has 0 amide bonds. The van der Waals surface area contributed by atoms with Gasteiger partial charge in [0.05, 0.1) is 6.04 Å². The Kier molecular flexibility index (Phi) is 1.31. The number of aliphatic hydroxyl groups is 1. The van der Waals surface area contributed by atoms with E-state index >= 15 is 0 Å². The summed E-state index contributed by atoms with van der Waals surface area (Å²) in [5.41, 5.74) is 0. The molecular formula is C5H9NO2. The van der Waals surface area contributed by atoms with Crippen molar-refractivity contribution in [3.8, 4) is 0 Å². The number of nitrogens with one attached hydrogen (secondary N) is 1. The van der Waals surface area contributed by atoms with E-state index in [2.05, 4.69) is 5.32 Å². The fraction of sp³-hybridized carbons (Fsp3) is 0.800. The Bertz CT molecular complexity index is 109. The molecule has 1 saturated heterocycles. The third-order valence-corrected chi connectivity index (χ3v) is 1.24. The fourth-order valence-electron chi connectivity index (χ4n) is 0.575. The quantitative estimate of drug-likeness (QED) is 0.449. The van der Waals surface area contributed by atoms with Gasteiger partial charge in [-0.05, 0) is 6.92 Å². The van der Waals surface area contributed by atoms with Crippen LogP contribution in [-0.4, -0.2) is 29.6 Å². The Balaban J connectivity index is 2.32. The molecule has 0 aromatic rings. The summed E-state index contributed by atoms with van der Waals surface area (Å²) in [6.45, 7) is 2.17. The molecule has 3 heteroatoms. The van der Waals surface area contributed by atoms with E-state index in [0.29, 0.717) is 0 Å². The van der Waals surface area contributed by atoms with E-state index in [1.807, 2.05) is 0 Å². The zero-order chi connectivity index (χ0) is 6.15. The first-order valence-corrected chi connectivity index (χ1v) is 2.63. The molecule has 2 unspecified atom stereocenters. The molecule has 1 aliphatic rings. The number of rotatable bonds is 2. The molecule has 1 rings (SSSR count). The van der Waals surface area contributed by atoms with Gasteiger partial charge in [0, 0.05) is 6.54 Å². The number of aliphatic hydroxyl groups excluding tert-OH is 1. The van der Waals surface area contributed by atoms with Crippen LogP contribution in [0.2, 0.25) is 0 Å². The van der Waals surface area contributed by atoms with Crippen molar-refractivity contribution in [2.24, 2.45) is 0 Å². The lowest BCUT2D eigenvalue weighted by Gasteiger charge is -1.99. The van der Waals surface area contributed by atoms with Crippen molar-refractivity contribution in [1.29, 1.82) is 0 Å². The molecule has 1 aliphatic heterocycles. The van der Waals surface area contributed by atoms with Crippen LogP contribution in [0.1, 0.15) is 6.92 Å². The van der Waals surface area contributed by atoms with Crippen LogP contribution in [0.3, 0.4) is 0 Å². The third-order valence-electron chi connectivity index (χ3n) is 1.24. The van der Waals surface area contributed by atoms with Gasteiger partial charge in [0.1, 0.15) is 6.10 Å². The van der Waals surface area contributed by atoms with Crippen LogP contribution in [0, 0.1) is 0 Å². The van der Waals surface area contributed by atoms with E-state index in [1.165, 1.54) is 6.92 Å². The van der Waals surface area contributed by atoms with Gasteiger partial charge in [-0.25, -0.2) is 0 Å². The summed E-state index contributed by atoms with van der Waals surface area (Å²) in [6, 6.07) is 0.0486. The normalized spacial score (nSPS) is 29.5. The first-order valence-electron chi connectivity index (χ1n) is 2.63. The topological polar surface area (TPSA) is 59.2 Å². The molecule has 1 fully saturated rings. The average molecular weight is 115 g/mol. The van der Waals surface area contributed by atoms with Crippen LogP contribution in [0.4, 0.5) is 0 Å². The number of Topliss-reactive ketones (excluding diaryl/α,β-unsaturated/α-hetero) is 1. The van der Waals surface area contributed by atoms with Gasteiger partial charge in [0.15, 0.2) is 5.78 Å². The lowest BCUT2D eigenvalue weighted by Crippen LogP contribution is -2.25. The van der Waals surface area contributed by atoms with Crippen LogP contribution < -0.4 is 5.32 Å². The molecule has 0 radical (unpaired) electrons. The second kappa shape index (κ2) is 1.84. The SMILES string of the molecule is CC(=O)C(O)C1CN1. The highest BCUT2D eigenvalue weighted by molar-refractivity contribution is 5.81. The summed E-state index contributed by atoms with van der Waals surface area (Å²) in [6.07, 6.45) is -0.769. The number of ketones is 1. The minimum absolute atomic E-state index is 0.0486. The highest BCUT2D eigenvalue weighted by Gasteiger charge is 2.31. The van der Waals surface area contributed by atoms with E-state index in [9.17, 15) is 4.79 Å². The first-order chi connectivity index (χ1) is 3.72. The summed E-state index contributed by atoms with van der Waals surface area (Å²) < 4.78 is 0. The van der Waals surface area contributed by atoms with Gasteiger partial charge >= 0.3 is 0 Å². The van der Waals surface area contributed by atoms with E-state index in [1.54, 1.807) is 0 Å². The Morgan fingerprint density at radius 2 is 2.50 bits per heavy atom. The molecule has 0 aromatic carbocycles. The predicted molar refractivity (Wildman–Crippen MR) is 28.5 cm³/mol. The maximum Gasteiger partial charge on any atom is 0.159 e. The van der Waals surface area contributed by atoms with Crippen molar-refractivity contribution in [2.45, 2.75) is 19.1 Å². The van der Waals surface area contributed by atoms with Crippen LogP contribution in [0.15, 0.2) is 0 Å². The number of carbonyl (C=O) groups is 1. The zero-order valence-corrected chi connectivity index (χ0v) is 4.72. The van der Waals surface area contributed by atoms with Gasteiger partial charge in [-0.2, -0.15) is 0 Å². The molecular weight excluding hydrogens is 106 g/mol. The highest BCUT2D eigenvalue weighted by Crippen LogP contribution is 2.03. The highest BCUT2D eigenvalue weighted by atomic mass is 16.3. The fourth-order valence-corrected chi connectivity index (χ4v) is 0.575. The van der Waals surface area contributed by atoms with Gasteiger partial charge in [-0.3, -0.25) is 4.79 Å². The third kappa shape index (κ3) is 1.05. The number of hydrogen-bond donors (Lipinski definition) is 2. The molecule has 0 spiro atoms. The minimum atomic E-state index is -0.769. The molecule has 2 atom stereocenters. The molecule has 2 N–H and O–H groups in total. The zero-order valence-electron chi connectivity index (χ0n) is 4.72. The van der Waals surface area contributed by atoms with Crippen molar-refractivity contribution in [3.05, 3.63) is 0 Å². The first kappa shape index (κ1) is 5.72. The smallest absolute Gasteiger partial charge is 0.159 e. The maximum atomic E-state index is 10.3. The number of carbonyl (C=O) groups excluding carboxylic acids is 1. The largest absolute Gasteiger partial charge is 0.384 e. The second-order valence-corrected chi connectivity index (χ2v) is 2.07. The van der Waals surface area contributed by atoms with E-state index in [0.717, 1.165) is 6.54 Å². The van der Waals surface area contributed by atoms with Gasteiger partial charge in [0.2, 0.25) is 0 Å². The standard InChI is InChI=1S/C5H9NO2/c1-3(7)5(8)4-2-6-4/h4-6,8H,2H2,1H3. The Labute approximate surface area is 47.7 Å². The molecule has 8 heavy (non-hydrogen) atoms. The van der Waals surface area contributed by atoms with Crippen LogP contribution >= 0.6 is 0 Å². The predicted octanol–water partition coefficient (Wildman–Crippen LogP) is -1.09. The van der Waals surface area contributed by atoms with Crippen LogP contribution in [0.25, 0.3) is 0 Å². The van der Waals surface area contributed by atoms with E-state index in [-0.39, 0.29) is 11.8 Å². The Morgan fingerprint density at radius 3 is 2.62 bits per heavy atom. The Hall–Kier alpha value is -0.410. The van der Waals surface area contributed by atoms with Crippen molar-refractivity contribution in [2.75, 3.05) is 6.54 Å². The molecule has 0 aliphatic carbocycles. The van der Waals surface area contributed by atoms with Crippen molar-refractivity contribution in [1.82, 2.24) is 5.32 Å². The number of hydrogen-bond acceptors (Lipinski definition) is 3. The maximum absolute atomic E-state index is 10.3. The molecule has 1 heterocycles. The Morgan fingerprint density at radius 1 is 2.00 bits per heavy atom. The molecule has 0 aromatic heterocycles. The van der Waals surface area contributed by atoms with Gasteiger partial charge in [-0.15, -0.1) is 0 Å². The summed E-state index contributed by atoms with van der Waals surface area (Å²) >= 11 is 0. The molecule has 0 bridgehead atoms. The van der Waals surface area contributed by atoms with Crippen molar-refractivity contribution >= 4 is 5.78 Å². The lowest BCUT2D eigenvalue weighted by atomic mass is 10.2. The minimum Gasteiger partial charge on any atom is -0.384 e. The summed E-state index contributed by atoms with van der Waals surface area (Å²) in [5, 5.41) is 11.7. The molecule has 46 valence electrons. The summed E-state index contributed by atoms with van der Waals surface area (Å²) in [5.74, 6) is -0.153. The van der Waals surface area contributed by atoms with Gasteiger partial charge in [-0.1, -0.05) is 0 Å². The van der Waals surface area contributed by atoms with Gasteiger partial charge in [0.25, 0.3) is 0 Å². The van der Waals surface area contributed by atoms with E-state index in [4.69, 9.17) is 5.11 Å². The van der Waals surface area contributed by atoms with Gasteiger partial charge < -0.3 is 10.4 Å². The second-order valence-electron chi connectivity index (χ2n) is 2.07. The molecule has 0 saturated carbocycles. The molecule has 3 nitrogen and oxygen atoms in total. The van der Waals surface area contributed by atoms with Crippen molar-refractivity contribution < 1.29 is 9.90 Å².